The molecule has 21 heavy (non-hydrogen) atoms. The second kappa shape index (κ2) is 7.97. The molecule has 0 saturated carbocycles. The van der Waals surface area contributed by atoms with E-state index in [0.717, 1.165) is 6.42 Å². The van der Waals surface area contributed by atoms with E-state index in [4.69, 9.17) is 10.5 Å². The van der Waals surface area contributed by atoms with Gasteiger partial charge in [0.25, 0.3) is 5.91 Å². The number of benzene rings is 1. The fraction of sp³-hybridized carbons (Fsp3) is 0.429. The number of carbonyl (C=O) groups is 2. The molecule has 7 heteroatoms. The summed E-state index contributed by atoms with van der Waals surface area (Å²) in [6, 6.07) is 6.58. The lowest BCUT2D eigenvalue weighted by molar-refractivity contribution is -0.126. The van der Waals surface area contributed by atoms with Crippen LogP contribution in [0.1, 0.15) is 23.2 Å². The lowest BCUT2D eigenvalue weighted by Crippen LogP contribution is -2.29. The summed E-state index contributed by atoms with van der Waals surface area (Å²) in [6.07, 6.45) is 0.916. The molecule has 2 rings (SSSR count). The predicted octanol–water partition coefficient (Wildman–Crippen LogP) is 1.34. The zero-order chi connectivity index (χ0) is 14.5. The quantitative estimate of drug-likeness (QED) is 0.818. The fourth-order valence-electron chi connectivity index (χ4n) is 2.14. The Balaban J connectivity index is 0.00000220. The Hall–Kier alpha value is -1.63. The second-order valence-electron chi connectivity index (χ2n) is 4.62. The predicted molar refractivity (Wildman–Crippen MR) is 80.6 cm³/mol. The number of amides is 1. The van der Waals surface area contributed by atoms with Crippen molar-refractivity contribution in [3.05, 3.63) is 29.8 Å². The van der Waals surface area contributed by atoms with Gasteiger partial charge < -0.3 is 20.5 Å². The maximum absolute atomic E-state index is 12.0. The molecule has 1 aromatic rings. The number of ether oxygens (including phenoxy) is 2. The van der Waals surface area contributed by atoms with Crippen molar-refractivity contribution >= 4 is 30.0 Å². The van der Waals surface area contributed by atoms with Crippen LogP contribution in [0.5, 0.6) is 0 Å². The highest BCUT2D eigenvalue weighted by molar-refractivity contribution is 5.96. The molecule has 1 aromatic carbocycles. The van der Waals surface area contributed by atoms with E-state index >= 15 is 0 Å². The maximum atomic E-state index is 12.0. The number of hydrogen-bond acceptors (Lipinski definition) is 5. The van der Waals surface area contributed by atoms with Crippen LogP contribution in [0, 0.1) is 0 Å². The van der Waals surface area contributed by atoms with Gasteiger partial charge in [-0.2, -0.15) is 0 Å². The molecular formula is C14H19ClN2O4. The normalized spacial score (nSPS) is 20.5. The van der Waals surface area contributed by atoms with Gasteiger partial charge in [0.15, 0.2) is 0 Å². The summed E-state index contributed by atoms with van der Waals surface area (Å²) < 4.78 is 10.1. The molecule has 0 unspecified atom stereocenters. The largest absolute Gasteiger partial charge is 0.465 e. The van der Waals surface area contributed by atoms with E-state index < -0.39 is 12.1 Å². The van der Waals surface area contributed by atoms with Gasteiger partial charge >= 0.3 is 5.97 Å². The van der Waals surface area contributed by atoms with Crippen LogP contribution < -0.4 is 11.1 Å². The summed E-state index contributed by atoms with van der Waals surface area (Å²) >= 11 is 0. The number of halogens is 1. The Labute approximate surface area is 129 Å². The first-order valence-electron chi connectivity index (χ1n) is 6.49. The van der Waals surface area contributed by atoms with Gasteiger partial charge in [0, 0.05) is 12.2 Å². The maximum Gasteiger partial charge on any atom is 0.337 e. The van der Waals surface area contributed by atoms with E-state index in [1.54, 1.807) is 24.3 Å². The number of esters is 1. The van der Waals surface area contributed by atoms with Crippen LogP contribution in [0.25, 0.3) is 0 Å². The molecule has 1 aliphatic heterocycles. The van der Waals surface area contributed by atoms with Gasteiger partial charge in [-0.1, -0.05) is 6.07 Å². The van der Waals surface area contributed by atoms with Gasteiger partial charge in [0.05, 0.1) is 18.8 Å². The monoisotopic (exact) mass is 314 g/mol. The van der Waals surface area contributed by atoms with Crippen LogP contribution in [0.4, 0.5) is 5.69 Å². The first kappa shape index (κ1) is 17.4. The van der Waals surface area contributed by atoms with Crippen LogP contribution in [0.15, 0.2) is 24.3 Å². The van der Waals surface area contributed by atoms with E-state index in [2.05, 4.69) is 10.1 Å². The molecule has 6 nitrogen and oxygen atoms in total. The van der Waals surface area contributed by atoms with Crippen molar-refractivity contribution in [3.63, 3.8) is 0 Å². The number of methoxy groups -OCH3 is 1. The molecule has 0 spiro atoms. The Morgan fingerprint density at radius 3 is 2.81 bits per heavy atom. The summed E-state index contributed by atoms with van der Waals surface area (Å²) in [4.78, 5) is 23.4. The Morgan fingerprint density at radius 2 is 2.19 bits per heavy atom. The molecule has 1 fully saturated rings. The average molecular weight is 315 g/mol. The van der Waals surface area contributed by atoms with Crippen molar-refractivity contribution in [2.75, 3.05) is 19.0 Å². The number of rotatable bonds is 4. The minimum absolute atomic E-state index is 0. The van der Waals surface area contributed by atoms with Gasteiger partial charge in [-0.15, -0.1) is 12.4 Å². The van der Waals surface area contributed by atoms with Crippen molar-refractivity contribution in [2.45, 2.75) is 25.0 Å². The molecule has 116 valence electrons. The van der Waals surface area contributed by atoms with Crippen molar-refractivity contribution in [2.24, 2.45) is 5.73 Å². The zero-order valence-electron chi connectivity index (χ0n) is 11.7. The number of nitrogens with one attached hydrogen (secondary N) is 1. The summed E-state index contributed by atoms with van der Waals surface area (Å²) in [7, 11) is 1.31. The molecule has 1 aliphatic rings. The molecule has 0 aliphatic carbocycles. The third-order valence-corrected chi connectivity index (χ3v) is 3.21. The first-order chi connectivity index (χ1) is 9.63. The number of nitrogens with two attached hydrogens (primary N) is 1. The van der Waals surface area contributed by atoms with Crippen molar-refractivity contribution in [3.8, 4) is 0 Å². The van der Waals surface area contributed by atoms with Gasteiger partial charge in [0.1, 0.15) is 6.10 Å². The molecule has 1 saturated heterocycles. The van der Waals surface area contributed by atoms with Crippen molar-refractivity contribution < 1.29 is 19.1 Å². The third kappa shape index (κ3) is 4.42. The van der Waals surface area contributed by atoms with Crippen molar-refractivity contribution in [1.82, 2.24) is 0 Å². The van der Waals surface area contributed by atoms with E-state index in [1.165, 1.54) is 7.11 Å². The highest BCUT2D eigenvalue weighted by atomic mass is 35.5. The smallest absolute Gasteiger partial charge is 0.337 e. The average Bonchev–Trinajstić information content (AvgIpc) is 2.95. The molecule has 1 heterocycles. The van der Waals surface area contributed by atoms with Gasteiger partial charge in [0.2, 0.25) is 0 Å². The fourth-order valence-corrected chi connectivity index (χ4v) is 2.14. The SMILES string of the molecule is COC(=O)c1cccc(NC(=O)[C@@H]2CC[C@H](CN)O2)c1.Cl. The summed E-state index contributed by atoms with van der Waals surface area (Å²) in [6.45, 7) is 0.418. The summed E-state index contributed by atoms with van der Waals surface area (Å²) in [5.41, 5.74) is 6.44. The van der Waals surface area contributed by atoms with Crippen molar-refractivity contribution in [1.29, 1.82) is 0 Å². The van der Waals surface area contributed by atoms with Crippen LogP contribution in [-0.2, 0) is 14.3 Å². The lowest BCUT2D eigenvalue weighted by Gasteiger charge is -2.13. The van der Waals surface area contributed by atoms with E-state index in [1.807, 2.05) is 0 Å². The Morgan fingerprint density at radius 1 is 1.43 bits per heavy atom. The Bertz CT molecular complexity index is 510. The summed E-state index contributed by atoms with van der Waals surface area (Å²) in [5.74, 6) is -0.663. The molecule has 1 amide bonds. The standard InChI is InChI=1S/C14H18N2O4.ClH/c1-19-14(18)9-3-2-4-10(7-9)16-13(17)12-6-5-11(8-15)20-12;/h2-4,7,11-12H,5-6,8,15H2,1H3,(H,16,17);1H/t11-,12+;/m1./s1. The zero-order valence-corrected chi connectivity index (χ0v) is 12.5. The van der Waals surface area contributed by atoms with E-state index in [0.29, 0.717) is 24.2 Å². The van der Waals surface area contributed by atoms with Crippen LogP contribution in [-0.4, -0.2) is 37.7 Å². The van der Waals surface area contributed by atoms with E-state index in [-0.39, 0.29) is 24.4 Å². The lowest BCUT2D eigenvalue weighted by atomic mass is 10.1. The van der Waals surface area contributed by atoms with Gasteiger partial charge in [-0.3, -0.25) is 4.79 Å². The topological polar surface area (TPSA) is 90.7 Å². The molecule has 3 N–H and O–H groups in total. The molecule has 2 atom stereocenters. The van der Waals surface area contributed by atoms with Gasteiger partial charge in [-0.25, -0.2) is 4.79 Å². The number of hydrogen-bond donors (Lipinski definition) is 2. The highest BCUT2D eigenvalue weighted by Gasteiger charge is 2.29. The molecule has 0 radical (unpaired) electrons. The van der Waals surface area contributed by atoms with Crippen LogP contribution in [0.2, 0.25) is 0 Å². The van der Waals surface area contributed by atoms with Crippen LogP contribution in [0.3, 0.4) is 0 Å². The summed E-state index contributed by atoms with van der Waals surface area (Å²) in [5, 5.41) is 2.74. The highest BCUT2D eigenvalue weighted by Crippen LogP contribution is 2.21. The molecular weight excluding hydrogens is 296 g/mol. The molecule has 0 bridgehead atoms. The number of carbonyl (C=O) groups excluding carboxylic acids is 2. The first-order valence-corrected chi connectivity index (χ1v) is 6.49. The number of anilines is 1. The minimum atomic E-state index is -0.481. The van der Waals surface area contributed by atoms with Gasteiger partial charge in [-0.05, 0) is 31.0 Å². The second-order valence-corrected chi connectivity index (χ2v) is 4.62. The minimum Gasteiger partial charge on any atom is -0.465 e. The Kier molecular flexibility index (Phi) is 6.61. The third-order valence-electron chi connectivity index (χ3n) is 3.21. The van der Waals surface area contributed by atoms with E-state index in [9.17, 15) is 9.59 Å². The molecule has 0 aromatic heterocycles. The van der Waals surface area contributed by atoms with Crippen LogP contribution >= 0.6 is 12.4 Å².